The van der Waals surface area contributed by atoms with Crippen molar-refractivity contribution in [3.05, 3.63) is 29.7 Å². The molecule has 0 radical (unpaired) electrons. The molecule has 2 amide bonds. The summed E-state index contributed by atoms with van der Waals surface area (Å²) in [5.74, 6) is -6.25. The van der Waals surface area contributed by atoms with Crippen LogP contribution in [0.3, 0.4) is 0 Å². The largest absolute Gasteiger partial charge is 0.444 e. The van der Waals surface area contributed by atoms with Gasteiger partial charge in [0.2, 0.25) is 17.8 Å². The van der Waals surface area contributed by atoms with Crippen molar-refractivity contribution in [3.63, 3.8) is 0 Å². The maximum atomic E-state index is 14.0. The summed E-state index contributed by atoms with van der Waals surface area (Å²) in [5.41, 5.74) is 0.919. The molecule has 13 heteroatoms. The fourth-order valence-electron chi connectivity index (χ4n) is 6.44. The van der Waals surface area contributed by atoms with Crippen LogP contribution in [-0.4, -0.2) is 57.3 Å². The maximum Gasteiger partial charge on any atom is 0.408 e. The van der Waals surface area contributed by atoms with Crippen LogP contribution in [0.25, 0.3) is 5.65 Å². The van der Waals surface area contributed by atoms with Gasteiger partial charge in [-0.1, -0.05) is 0 Å². The van der Waals surface area contributed by atoms with Gasteiger partial charge < -0.3 is 20.1 Å². The molecule has 1 saturated heterocycles. The normalized spacial score (nSPS) is 22.9. The third-order valence-corrected chi connectivity index (χ3v) is 8.65. The first-order chi connectivity index (χ1) is 20.2. The second kappa shape index (κ2) is 12.2. The first kappa shape index (κ1) is 31.5. The molecule has 3 aliphatic rings. The highest BCUT2D eigenvalue weighted by Gasteiger charge is 2.46. The summed E-state index contributed by atoms with van der Waals surface area (Å²) in [7, 11) is 0. The summed E-state index contributed by atoms with van der Waals surface area (Å²) in [6.07, 6.45) is 3.46. The van der Waals surface area contributed by atoms with Gasteiger partial charge in [-0.25, -0.2) is 31.9 Å². The maximum absolute atomic E-state index is 14.0. The lowest BCUT2D eigenvalue weighted by Gasteiger charge is -2.35. The minimum atomic E-state index is -2.73. The topological polar surface area (TPSA) is 107 Å². The van der Waals surface area contributed by atoms with E-state index in [2.05, 4.69) is 15.7 Å². The summed E-state index contributed by atoms with van der Waals surface area (Å²) >= 11 is 0. The molecule has 2 saturated carbocycles. The number of carbonyl (C=O) groups is 2. The lowest BCUT2D eigenvalue weighted by atomic mass is 9.79. The number of alkyl halides is 4. The smallest absolute Gasteiger partial charge is 0.408 e. The summed E-state index contributed by atoms with van der Waals surface area (Å²) in [4.78, 5) is 30.4. The first-order valence-corrected chi connectivity index (χ1v) is 15.1. The van der Waals surface area contributed by atoms with Gasteiger partial charge in [0.1, 0.15) is 5.60 Å². The van der Waals surface area contributed by atoms with Gasteiger partial charge in [0.05, 0.1) is 30.2 Å². The lowest BCUT2D eigenvalue weighted by Crippen LogP contribution is -2.41. The third kappa shape index (κ3) is 8.16. The minimum Gasteiger partial charge on any atom is -0.444 e. The van der Waals surface area contributed by atoms with Gasteiger partial charge in [0.15, 0.2) is 5.65 Å². The van der Waals surface area contributed by atoms with Gasteiger partial charge in [-0.05, 0) is 75.8 Å². The van der Waals surface area contributed by atoms with Crippen LogP contribution in [0.1, 0.15) is 102 Å². The zero-order valence-electron chi connectivity index (χ0n) is 24.9. The highest BCUT2D eigenvalue weighted by atomic mass is 19.3. The number of amides is 2. The molecule has 2 N–H and O–H groups in total. The van der Waals surface area contributed by atoms with Crippen molar-refractivity contribution in [1.29, 1.82) is 0 Å². The molecule has 238 valence electrons. The molecular weight excluding hydrogens is 570 g/mol. The lowest BCUT2D eigenvalue weighted by molar-refractivity contribution is -0.134. The van der Waals surface area contributed by atoms with Crippen LogP contribution in [0.4, 0.5) is 22.4 Å². The number of carbonyl (C=O) groups excluding carboxylic acids is 2. The van der Waals surface area contributed by atoms with Crippen molar-refractivity contribution in [2.75, 3.05) is 13.2 Å². The Balaban J connectivity index is 1.38. The Morgan fingerprint density at radius 3 is 2.30 bits per heavy atom. The number of halogens is 4. The predicted molar refractivity (Wildman–Crippen MR) is 149 cm³/mol. The summed E-state index contributed by atoms with van der Waals surface area (Å²) in [6.45, 7) is 6.33. The molecule has 2 aromatic heterocycles. The molecule has 5 rings (SSSR count). The van der Waals surface area contributed by atoms with Crippen LogP contribution in [-0.2, 0) is 14.3 Å². The molecular formula is C30H41F4N5O4. The zero-order chi connectivity index (χ0) is 31.0. The molecule has 1 unspecified atom stereocenters. The standard InChI is InChI=1S/C30H41F4N5O4/c1-28(2,3)43-27(41)38-26(19-4-8-29(31,32)9-5-19)22-17-39-23(36-22)13-21(16-35-39)25(20-6-10-42-11-7-20)37-24(40)12-18-14-30(33,34)15-18/h13,16-20,25-26H,4-12,14-15H2,1-3H3,(H,37,40)(H,38,41)/t25-,26?/m1/s1. The summed E-state index contributed by atoms with van der Waals surface area (Å²) in [6, 6.07) is 0.738. The number of hydrogen-bond acceptors (Lipinski definition) is 6. The van der Waals surface area contributed by atoms with Gasteiger partial charge in [0.25, 0.3) is 0 Å². The average molecular weight is 612 g/mol. The fraction of sp³-hybridized carbons (Fsp3) is 0.733. The van der Waals surface area contributed by atoms with E-state index in [4.69, 9.17) is 14.5 Å². The van der Waals surface area contributed by atoms with Gasteiger partial charge >= 0.3 is 6.09 Å². The number of rotatable bonds is 8. The second-order valence-electron chi connectivity index (χ2n) is 13.4. The minimum absolute atomic E-state index is 0.0386. The van der Waals surface area contributed by atoms with Crippen LogP contribution in [0.5, 0.6) is 0 Å². The van der Waals surface area contributed by atoms with E-state index in [0.29, 0.717) is 37.4 Å². The molecule has 0 aromatic carbocycles. The number of nitrogens with one attached hydrogen (secondary N) is 2. The Labute approximate surface area is 248 Å². The fourth-order valence-corrected chi connectivity index (χ4v) is 6.44. The van der Waals surface area contributed by atoms with Crippen molar-refractivity contribution >= 4 is 17.6 Å². The number of fused-ring (bicyclic) bond motifs is 1. The van der Waals surface area contributed by atoms with Crippen LogP contribution in [0.2, 0.25) is 0 Å². The molecule has 3 fully saturated rings. The molecule has 9 nitrogen and oxygen atoms in total. The monoisotopic (exact) mass is 611 g/mol. The Bertz CT molecular complexity index is 1290. The van der Waals surface area contributed by atoms with Gasteiger partial charge in [-0.3, -0.25) is 4.79 Å². The number of alkyl carbamates (subject to hydrolysis) is 1. The van der Waals surface area contributed by atoms with Gasteiger partial charge in [-0.15, -0.1) is 0 Å². The quantitative estimate of drug-likeness (QED) is 0.348. The molecule has 43 heavy (non-hydrogen) atoms. The molecule has 3 heterocycles. The highest BCUT2D eigenvalue weighted by Crippen LogP contribution is 2.44. The van der Waals surface area contributed by atoms with E-state index in [9.17, 15) is 27.2 Å². The number of aromatic nitrogens is 3. The Morgan fingerprint density at radius 1 is 1.02 bits per heavy atom. The van der Waals surface area contributed by atoms with Crippen molar-refractivity contribution in [2.24, 2.45) is 17.8 Å². The molecule has 2 aromatic rings. The first-order valence-electron chi connectivity index (χ1n) is 15.1. The SMILES string of the molecule is CC(C)(C)OC(=O)NC(c1cn2ncc([C@H](NC(=O)CC3CC(F)(F)C3)C3CCOCC3)cc2n1)C1CCC(F)(F)CC1. The Kier molecular flexibility index (Phi) is 8.93. The van der Waals surface area contributed by atoms with Crippen molar-refractivity contribution in [3.8, 4) is 0 Å². The average Bonchev–Trinajstić information content (AvgIpc) is 3.32. The van der Waals surface area contributed by atoms with E-state index in [1.807, 2.05) is 6.07 Å². The Hall–Kier alpha value is -2.96. The number of nitrogens with zero attached hydrogens (tertiary/aromatic N) is 3. The van der Waals surface area contributed by atoms with E-state index in [1.165, 1.54) is 0 Å². The van der Waals surface area contributed by atoms with E-state index in [-0.39, 0.29) is 68.6 Å². The molecule has 0 spiro atoms. The van der Waals surface area contributed by atoms with E-state index in [1.54, 1.807) is 37.7 Å². The summed E-state index contributed by atoms with van der Waals surface area (Å²) < 4.78 is 67.1. The highest BCUT2D eigenvalue weighted by molar-refractivity contribution is 5.77. The zero-order valence-corrected chi connectivity index (χ0v) is 24.9. The van der Waals surface area contributed by atoms with E-state index < -0.39 is 35.6 Å². The number of hydrogen-bond donors (Lipinski definition) is 2. The van der Waals surface area contributed by atoms with Gasteiger partial charge in [-0.2, -0.15) is 5.10 Å². The van der Waals surface area contributed by atoms with Crippen LogP contribution >= 0.6 is 0 Å². The molecule has 1 aliphatic heterocycles. The molecule has 2 aliphatic carbocycles. The number of ether oxygens (including phenoxy) is 2. The third-order valence-electron chi connectivity index (χ3n) is 8.65. The van der Waals surface area contributed by atoms with Crippen LogP contribution < -0.4 is 10.6 Å². The molecule has 2 atom stereocenters. The predicted octanol–water partition coefficient (Wildman–Crippen LogP) is 6.14. The van der Waals surface area contributed by atoms with Crippen molar-refractivity contribution in [2.45, 2.75) is 108 Å². The van der Waals surface area contributed by atoms with E-state index in [0.717, 1.165) is 5.56 Å². The van der Waals surface area contributed by atoms with E-state index >= 15 is 0 Å². The molecule has 0 bridgehead atoms. The Morgan fingerprint density at radius 2 is 1.67 bits per heavy atom. The number of imidazole rings is 1. The van der Waals surface area contributed by atoms with Crippen LogP contribution in [0.15, 0.2) is 18.5 Å². The second-order valence-corrected chi connectivity index (χ2v) is 13.4. The summed E-state index contributed by atoms with van der Waals surface area (Å²) in [5, 5.41) is 10.5. The van der Waals surface area contributed by atoms with Crippen molar-refractivity contribution < 1.29 is 36.6 Å². The van der Waals surface area contributed by atoms with Crippen molar-refractivity contribution in [1.82, 2.24) is 25.2 Å². The van der Waals surface area contributed by atoms with Crippen LogP contribution in [0, 0.1) is 17.8 Å². The van der Waals surface area contributed by atoms with Gasteiger partial charge in [0, 0.05) is 45.3 Å².